The Balaban J connectivity index is 2.18. The van der Waals surface area contributed by atoms with Gasteiger partial charge in [-0.3, -0.25) is 9.52 Å². The lowest BCUT2D eigenvalue weighted by Gasteiger charge is -2.12. The number of amides is 1. The lowest BCUT2D eigenvalue weighted by Crippen LogP contribution is -2.25. The molecule has 0 heterocycles. The second-order valence-corrected chi connectivity index (χ2v) is 8.14. The molecule has 134 valence electrons. The fourth-order valence-corrected chi connectivity index (χ4v) is 3.44. The molecule has 0 aliphatic carbocycles. The Morgan fingerprint density at radius 1 is 1.12 bits per heavy atom. The Morgan fingerprint density at radius 2 is 1.80 bits per heavy atom. The molecule has 7 heteroatoms. The zero-order valence-electron chi connectivity index (χ0n) is 14.1. The Morgan fingerprint density at radius 3 is 2.44 bits per heavy atom. The van der Waals surface area contributed by atoms with Gasteiger partial charge in [0.25, 0.3) is 15.9 Å². The molecule has 2 aromatic rings. The zero-order chi connectivity index (χ0) is 18.4. The van der Waals surface area contributed by atoms with Crippen LogP contribution < -0.4 is 10.0 Å². The van der Waals surface area contributed by atoms with E-state index >= 15 is 0 Å². The third-order valence-electron chi connectivity index (χ3n) is 3.53. The van der Waals surface area contributed by atoms with Crippen molar-refractivity contribution in [1.82, 2.24) is 5.32 Å². The lowest BCUT2D eigenvalue weighted by molar-refractivity contribution is 0.0952. The van der Waals surface area contributed by atoms with Crippen molar-refractivity contribution in [3.8, 4) is 0 Å². The molecule has 0 saturated heterocycles. The molecule has 2 N–H and O–H groups in total. The Labute approximate surface area is 153 Å². The molecule has 0 spiro atoms. The summed E-state index contributed by atoms with van der Waals surface area (Å²) < 4.78 is 27.3. The number of sulfonamides is 1. The van der Waals surface area contributed by atoms with Crippen molar-refractivity contribution < 1.29 is 13.2 Å². The summed E-state index contributed by atoms with van der Waals surface area (Å²) in [5.41, 5.74) is 0.515. The summed E-state index contributed by atoms with van der Waals surface area (Å²) in [6.45, 7) is 4.71. The molecule has 5 nitrogen and oxygen atoms in total. The summed E-state index contributed by atoms with van der Waals surface area (Å²) in [6, 6.07) is 12.5. The molecule has 0 saturated carbocycles. The van der Waals surface area contributed by atoms with E-state index in [0.29, 0.717) is 18.0 Å². The summed E-state index contributed by atoms with van der Waals surface area (Å²) in [6.07, 6.45) is 0.868. The number of hydrogen-bond acceptors (Lipinski definition) is 3. The Hall–Kier alpha value is -2.05. The van der Waals surface area contributed by atoms with Gasteiger partial charge in [0.2, 0.25) is 0 Å². The molecule has 0 aromatic heterocycles. The molecular weight excluding hydrogens is 360 g/mol. The quantitative estimate of drug-likeness (QED) is 0.764. The average molecular weight is 381 g/mol. The van der Waals surface area contributed by atoms with Crippen molar-refractivity contribution in [3.63, 3.8) is 0 Å². The van der Waals surface area contributed by atoms with Crippen molar-refractivity contribution in [2.24, 2.45) is 5.92 Å². The minimum atomic E-state index is -3.77. The van der Waals surface area contributed by atoms with Gasteiger partial charge in [-0.25, -0.2) is 8.42 Å². The Bertz CT molecular complexity index is 837. The van der Waals surface area contributed by atoms with E-state index in [-0.39, 0.29) is 21.5 Å². The predicted molar refractivity (Wildman–Crippen MR) is 100 cm³/mol. The molecule has 2 aromatic carbocycles. The number of rotatable bonds is 7. The van der Waals surface area contributed by atoms with Crippen molar-refractivity contribution in [2.75, 3.05) is 11.3 Å². The highest BCUT2D eigenvalue weighted by Crippen LogP contribution is 2.26. The van der Waals surface area contributed by atoms with Crippen molar-refractivity contribution in [2.45, 2.75) is 25.2 Å². The fraction of sp³-hybridized carbons (Fsp3) is 0.278. The van der Waals surface area contributed by atoms with Crippen LogP contribution in [-0.4, -0.2) is 20.9 Å². The minimum absolute atomic E-state index is 0.123. The van der Waals surface area contributed by atoms with Crippen LogP contribution in [0.2, 0.25) is 5.02 Å². The monoisotopic (exact) mass is 380 g/mol. The SMILES string of the molecule is CC(C)CCNC(=O)c1ccc(Cl)c(NS(=O)(=O)c2ccccc2)c1. The van der Waals surface area contributed by atoms with Gasteiger partial charge < -0.3 is 5.32 Å². The first-order valence-corrected chi connectivity index (χ1v) is 9.81. The third kappa shape index (κ3) is 5.47. The van der Waals surface area contributed by atoms with Gasteiger partial charge in [-0.05, 0) is 42.7 Å². The largest absolute Gasteiger partial charge is 0.352 e. The van der Waals surface area contributed by atoms with E-state index in [0.717, 1.165) is 6.42 Å². The van der Waals surface area contributed by atoms with Gasteiger partial charge in [0.1, 0.15) is 0 Å². The van der Waals surface area contributed by atoms with Gasteiger partial charge >= 0.3 is 0 Å². The molecule has 0 unspecified atom stereocenters. The summed E-state index contributed by atoms with van der Waals surface area (Å²) >= 11 is 6.08. The first-order valence-electron chi connectivity index (χ1n) is 7.95. The highest BCUT2D eigenvalue weighted by atomic mass is 35.5. The van der Waals surface area contributed by atoms with Crippen LogP contribution in [0.3, 0.4) is 0 Å². The van der Waals surface area contributed by atoms with Crippen LogP contribution in [0.25, 0.3) is 0 Å². The number of carbonyl (C=O) groups excluding carboxylic acids is 1. The normalized spacial score (nSPS) is 11.4. The predicted octanol–water partition coefficient (Wildman–Crippen LogP) is 3.92. The molecule has 1 amide bonds. The van der Waals surface area contributed by atoms with Crippen LogP contribution in [0.5, 0.6) is 0 Å². The molecule has 2 rings (SSSR count). The lowest BCUT2D eigenvalue weighted by atomic mass is 10.1. The summed E-state index contributed by atoms with van der Waals surface area (Å²) in [5, 5.41) is 3.03. The van der Waals surface area contributed by atoms with Gasteiger partial charge in [-0.15, -0.1) is 0 Å². The van der Waals surface area contributed by atoms with Crippen molar-refractivity contribution >= 4 is 33.2 Å². The van der Waals surface area contributed by atoms with E-state index in [1.165, 1.54) is 24.3 Å². The first kappa shape index (κ1) is 19.3. The number of nitrogens with one attached hydrogen (secondary N) is 2. The number of halogens is 1. The number of benzene rings is 2. The van der Waals surface area contributed by atoms with Gasteiger partial charge in [0.15, 0.2) is 0 Å². The van der Waals surface area contributed by atoms with E-state index in [1.807, 2.05) is 0 Å². The molecular formula is C18H21ClN2O3S. The summed E-state index contributed by atoms with van der Waals surface area (Å²) in [5.74, 6) is 0.219. The second-order valence-electron chi connectivity index (χ2n) is 6.05. The maximum atomic E-state index is 12.4. The van der Waals surface area contributed by atoms with Crippen LogP contribution in [0.15, 0.2) is 53.4 Å². The number of anilines is 1. The average Bonchev–Trinajstić information content (AvgIpc) is 2.57. The highest BCUT2D eigenvalue weighted by Gasteiger charge is 2.17. The maximum absolute atomic E-state index is 12.4. The van der Waals surface area contributed by atoms with Gasteiger partial charge in [0.05, 0.1) is 15.6 Å². The molecule has 0 aliphatic rings. The first-order chi connectivity index (χ1) is 11.8. The van der Waals surface area contributed by atoms with Crippen LogP contribution in [0.1, 0.15) is 30.6 Å². The van der Waals surface area contributed by atoms with Crippen LogP contribution in [-0.2, 0) is 10.0 Å². The summed E-state index contributed by atoms with van der Waals surface area (Å²) in [4.78, 5) is 12.3. The van der Waals surface area contributed by atoms with Crippen molar-refractivity contribution in [3.05, 3.63) is 59.1 Å². The fourth-order valence-electron chi connectivity index (χ4n) is 2.12. The number of hydrogen-bond donors (Lipinski definition) is 2. The topological polar surface area (TPSA) is 75.3 Å². The summed E-state index contributed by atoms with van der Waals surface area (Å²) in [7, 11) is -3.77. The standard InChI is InChI=1S/C18H21ClN2O3S/c1-13(2)10-11-20-18(22)14-8-9-16(19)17(12-14)21-25(23,24)15-6-4-3-5-7-15/h3-9,12-13,21H,10-11H2,1-2H3,(H,20,22). The maximum Gasteiger partial charge on any atom is 0.261 e. The molecule has 25 heavy (non-hydrogen) atoms. The molecule has 0 radical (unpaired) electrons. The molecule has 0 atom stereocenters. The molecule has 0 bridgehead atoms. The molecule has 0 fully saturated rings. The third-order valence-corrected chi connectivity index (χ3v) is 5.24. The smallest absolute Gasteiger partial charge is 0.261 e. The Kier molecular flexibility index (Phi) is 6.45. The van der Waals surface area contributed by atoms with E-state index in [9.17, 15) is 13.2 Å². The molecule has 0 aliphatic heterocycles. The van der Waals surface area contributed by atoms with Gasteiger partial charge in [-0.1, -0.05) is 43.6 Å². The minimum Gasteiger partial charge on any atom is -0.352 e. The number of carbonyl (C=O) groups is 1. The highest BCUT2D eigenvalue weighted by molar-refractivity contribution is 7.92. The van der Waals surface area contributed by atoms with E-state index in [4.69, 9.17) is 11.6 Å². The van der Waals surface area contributed by atoms with E-state index in [2.05, 4.69) is 23.9 Å². The van der Waals surface area contributed by atoms with E-state index in [1.54, 1.807) is 24.3 Å². The van der Waals surface area contributed by atoms with Crippen LogP contribution in [0, 0.1) is 5.92 Å². The van der Waals surface area contributed by atoms with Crippen LogP contribution in [0.4, 0.5) is 5.69 Å². The van der Waals surface area contributed by atoms with Crippen molar-refractivity contribution in [1.29, 1.82) is 0 Å². The second kappa shape index (κ2) is 8.36. The van der Waals surface area contributed by atoms with Crippen LogP contribution >= 0.6 is 11.6 Å². The van der Waals surface area contributed by atoms with Gasteiger partial charge in [0, 0.05) is 12.1 Å². The zero-order valence-corrected chi connectivity index (χ0v) is 15.7. The van der Waals surface area contributed by atoms with E-state index < -0.39 is 10.0 Å². The van der Waals surface area contributed by atoms with Gasteiger partial charge in [-0.2, -0.15) is 0 Å².